The molecule has 0 aliphatic rings. The van der Waals surface area contributed by atoms with Gasteiger partial charge in [-0.1, -0.05) is 30.3 Å². The first-order valence-corrected chi connectivity index (χ1v) is 9.54. The van der Waals surface area contributed by atoms with E-state index in [-0.39, 0.29) is 18.0 Å². The van der Waals surface area contributed by atoms with Gasteiger partial charge in [-0.25, -0.2) is 9.97 Å². The topological polar surface area (TPSA) is 25.8 Å². The molecule has 21 heteroatoms. The Morgan fingerprint density at radius 1 is 0.425 bits per heavy atom. The number of benzene rings is 1. The fourth-order valence-corrected chi connectivity index (χ4v) is 2.82. The van der Waals surface area contributed by atoms with Gasteiger partial charge in [-0.05, 0) is 6.07 Å². The van der Waals surface area contributed by atoms with E-state index < -0.39 is 64.9 Å². The zero-order valence-corrected chi connectivity index (χ0v) is 18.1. The highest BCUT2D eigenvalue weighted by Gasteiger charge is 2.96. The molecule has 2 rings (SSSR count). The zero-order chi connectivity index (χ0) is 31.6. The fraction of sp³-hybridized carbons (Fsp3) is 0.474. The fourth-order valence-electron chi connectivity index (χ4n) is 2.82. The second kappa shape index (κ2) is 9.25. The van der Waals surface area contributed by atoms with E-state index in [0.29, 0.717) is 0 Å². The van der Waals surface area contributed by atoms with Gasteiger partial charge in [-0.3, -0.25) is 0 Å². The molecule has 1 aromatic carbocycles. The Balaban J connectivity index is 2.68. The average molecular weight is 624 g/mol. The molecule has 0 aliphatic heterocycles. The van der Waals surface area contributed by atoms with Crippen LogP contribution < -0.4 is 0 Å². The van der Waals surface area contributed by atoms with Crippen molar-refractivity contribution in [2.24, 2.45) is 0 Å². The van der Waals surface area contributed by atoms with Crippen molar-refractivity contribution in [1.29, 1.82) is 0 Å². The molecule has 0 fully saturated rings. The van der Waals surface area contributed by atoms with Gasteiger partial charge >= 0.3 is 53.6 Å². The normalized spacial score (nSPS) is 15.4. The van der Waals surface area contributed by atoms with Gasteiger partial charge in [-0.15, -0.1) is 0 Å². The molecule has 0 amide bonds. The lowest BCUT2D eigenvalue weighted by Gasteiger charge is -2.43. The van der Waals surface area contributed by atoms with Crippen molar-refractivity contribution in [2.75, 3.05) is 0 Å². The van der Waals surface area contributed by atoms with E-state index in [9.17, 15) is 83.4 Å². The lowest BCUT2D eigenvalue weighted by Crippen LogP contribution is -2.75. The molecule has 0 saturated heterocycles. The van der Waals surface area contributed by atoms with Gasteiger partial charge < -0.3 is 0 Å². The monoisotopic (exact) mass is 624 g/mol. The number of hydrogen-bond donors (Lipinski definition) is 0. The summed E-state index contributed by atoms with van der Waals surface area (Å²) in [7, 11) is 0. The van der Waals surface area contributed by atoms with Crippen LogP contribution in [0.3, 0.4) is 0 Å². The van der Waals surface area contributed by atoms with E-state index in [1.807, 2.05) is 0 Å². The molecule has 0 aliphatic carbocycles. The minimum absolute atomic E-state index is 0.0551. The third-order valence-electron chi connectivity index (χ3n) is 5.17. The molecule has 0 atom stereocenters. The van der Waals surface area contributed by atoms with Gasteiger partial charge in [-0.2, -0.15) is 83.4 Å². The number of halogens is 19. The minimum atomic E-state index is -8.97. The van der Waals surface area contributed by atoms with Crippen molar-refractivity contribution in [3.05, 3.63) is 48.4 Å². The summed E-state index contributed by atoms with van der Waals surface area (Å²) >= 11 is 0. The standard InChI is InChI=1S/C19H7F19N2/c20-11(21,10-6-9(39-7-40-10)8-4-2-1-3-5-8)12(22,23)13(24,25)14(26,27)15(28,29)16(30,31)17(32,33)18(34,35)19(36,37)38/h1-7H. The van der Waals surface area contributed by atoms with Gasteiger partial charge in [0.2, 0.25) is 0 Å². The van der Waals surface area contributed by atoms with Crippen LogP contribution in [0, 0.1) is 0 Å². The van der Waals surface area contributed by atoms with Crippen LogP contribution in [-0.4, -0.2) is 57.6 Å². The highest BCUT2D eigenvalue weighted by molar-refractivity contribution is 5.59. The van der Waals surface area contributed by atoms with Gasteiger partial charge in [0.25, 0.3) is 0 Å². The van der Waals surface area contributed by atoms with Crippen LogP contribution in [0.25, 0.3) is 11.3 Å². The molecule has 1 heterocycles. The van der Waals surface area contributed by atoms with E-state index in [4.69, 9.17) is 0 Å². The van der Waals surface area contributed by atoms with Crippen LogP contribution in [0.2, 0.25) is 0 Å². The van der Waals surface area contributed by atoms with Crippen molar-refractivity contribution in [3.63, 3.8) is 0 Å². The molecule has 2 aromatic rings. The smallest absolute Gasteiger partial charge is 0.236 e. The van der Waals surface area contributed by atoms with E-state index in [0.717, 1.165) is 12.1 Å². The van der Waals surface area contributed by atoms with Crippen LogP contribution >= 0.6 is 0 Å². The van der Waals surface area contributed by atoms with Gasteiger partial charge in [0, 0.05) is 5.56 Å². The number of alkyl halides is 19. The minimum Gasteiger partial charge on any atom is -0.236 e. The average Bonchev–Trinajstić information content (AvgIpc) is 2.83. The Bertz CT molecular complexity index is 1200. The number of aromatic nitrogens is 2. The zero-order valence-electron chi connectivity index (χ0n) is 18.1. The SMILES string of the molecule is FC(F)(F)C(F)(F)C(F)(F)C(F)(F)C(F)(F)C(F)(F)C(F)(F)C(F)(F)C(F)(F)c1cc(-c2ccccc2)ncn1. The number of nitrogens with zero attached hydrogens (tertiary/aromatic N) is 2. The molecule has 0 N–H and O–H groups in total. The Kier molecular flexibility index (Phi) is 7.67. The maximum absolute atomic E-state index is 14.4. The van der Waals surface area contributed by atoms with Crippen molar-refractivity contribution in [2.45, 2.75) is 53.6 Å². The third-order valence-corrected chi connectivity index (χ3v) is 5.17. The number of hydrogen-bond acceptors (Lipinski definition) is 2. The Hall–Kier alpha value is -3.03. The summed E-state index contributed by atoms with van der Waals surface area (Å²) in [4.78, 5) is 5.68. The van der Waals surface area contributed by atoms with Gasteiger partial charge in [0.15, 0.2) is 0 Å². The molecule has 0 spiro atoms. The molecule has 40 heavy (non-hydrogen) atoms. The van der Waals surface area contributed by atoms with Crippen molar-refractivity contribution < 1.29 is 83.4 Å². The molecule has 0 unspecified atom stereocenters. The third kappa shape index (κ3) is 4.29. The first kappa shape index (κ1) is 33.2. The second-order valence-electron chi connectivity index (χ2n) is 7.75. The van der Waals surface area contributed by atoms with Crippen LogP contribution in [0.1, 0.15) is 5.69 Å². The summed E-state index contributed by atoms with van der Waals surface area (Å²) < 4.78 is 256. The van der Waals surface area contributed by atoms with Crippen LogP contribution in [0.5, 0.6) is 0 Å². The molecule has 1 aromatic heterocycles. The van der Waals surface area contributed by atoms with Gasteiger partial charge in [0.1, 0.15) is 12.0 Å². The van der Waals surface area contributed by atoms with Crippen molar-refractivity contribution in [3.8, 4) is 11.3 Å². The maximum Gasteiger partial charge on any atom is 0.460 e. The van der Waals surface area contributed by atoms with Crippen LogP contribution in [0.4, 0.5) is 83.4 Å². The molecule has 0 saturated carbocycles. The Labute approximate surface area is 207 Å². The maximum atomic E-state index is 14.4. The van der Waals surface area contributed by atoms with Gasteiger partial charge in [0.05, 0.1) is 5.69 Å². The van der Waals surface area contributed by atoms with Crippen LogP contribution in [0.15, 0.2) is 42.7 Å². The summed E-state index contributed by atoms with van der Waals surface area (Å²) in [5.41, 5.74) is -3.71. The molecule has 0 radical (unpaired) electrons. The van der Waals surface area contributed by atoms with E-state index in [2.05, 4.69) is 9.97 Å². The molecule has 226 valence electrons. The van der Waals surface area contributed by atoms with Crippen molar-refractivity contribution in [1.82, 2.24) is 9.97 Å². The quantitative estimate of drug-likeness (QED) is 0.263. The van der Waals surface area contributed by atoms with Crippen LogP contribution in [-0.2, 0) is 5.92 Å². The van der Waals surface area contributed by atoms with E-state index in [1.54, 1.807) is 0 Å². The summed E-state index contributed by atoms with van der Waals surface area (Å²) in [5.74, 6) is -67.3. The first-order valence-electron chi connectivity index (χ1n) is 9.54. The predicted molar refractivity (Wildman–Crippen MR) is 92.0 cm³/mol. The molecular formula is C19H7F19N2. The largest absolute Gasteiger partial charge is 0.460 e. The van der Waals surface area contributed by atoms with E-state index in [1.165, 1.54) is 18.2 Å². The lowest BCUT2D eigenvalue weighted by atomic mass is 9.86. The summed E-state index contributed by atoms with van der Waals surface area (Å²) in [6, 6.07) is 5.45. The highest BCUT2D eigenvalue weighted by atomic mass is 19.4. The summed E-state index contributed by atoms with van der Waals surface area (Å²) in [5, 5.41) is 0. The first-order chi connectivity index (χ1) is 17.6. The second-order valence-corrected chi connectivity index (χ2v) is 7.75. The van der Waals surface area contributed by atoms with E-state index >= 15 is 0 Å². The summed E-state index contributed by atoms with van der Waals surface area (Å²) in [6.45, 7) is 0. The number of rotatable bonds is 9. The Morgan fingerprint density at radius 2 is 0.800 bits per heavy atom. The predicted octanol–water partition coefficient (Wildman–Crippen LogP) is 8.24. The summed E-state index contributed by atoms with van der Waals surface area (Å²) in [6.07, 6.45) is -7.98. The molecule has 2 nitrogen and oxygen atoms in total. The molecule has 0 bridgehead atoms. The van der Waals surface area contributed by atoms with Crippen molar-refractivity contribution >= 4 is 0 Å². The molecular weight excluding hydrogens is 617 g/mol. The highest BCUT2D eigenvalue weighted by Crippen LogP contribution is 2.66. The lowest BCUT2D eigenvalue weighted by molar-refractivity contribution is -0.469. The Morgan fingerprint density at radius 3 is 1.20 bits per heavy atom.